The van der Waals surface area contributed by atoms with E-state index in [1.807, 2.05) is 20.8 Å². The number of rotatable bonds is 1. The van der Waals surface area contributed by atoms with Crippen molar-refractivity contribution in [2.75, 3.05) is 13.1 Å². The number of nitrogens with one attached hydrogen (secondary N) is 1. The molecule has 2 aliphatic rings. The van der Waals surface area contributed by atoms with Crippen LogP contribution in [0.1, 0.15) is 50.4 Å². The van der Waals surface area contributed by atoms with Gasteiger partial charge in [-0.05, 0) is 39.0 Å². The highest BCUT2D eigenvalue weighted by Crippen LogP contribution is 2.40. The Morgan fingerprint density at radius 1 is 1.28 bits per heavy atom. The van der Waals surface area contributed by atoms with E-state index < -0.39 is 11.2 Å². The molecular formula is C20H23N3O5S. The number of fused-ring (bicyclic) bond motifs is 1. The molecule has 1 aromatic heterocycles. The predicted molar refractivity (Wildman–Crippen MR) is 108 cm³/mol. The zero-order valence-electron chi connectivity index (χ0n) is 16.6. The van der Waals surface area contributed by atoms with Crippen molar-refractivity contribution in [1.29, 1.82) is 0 Å². The van der Waals surface area contributed by atoms with E-state index in [0.717, 1.165) is 11.5 Å². The molecule has 0 bridgehead atoms. The summed E-state index contributed by atoms with van der Waals surface area (Å²) in [7, 11) is 0. The van der Waals surface area contributed by atoms with Gasteiger partial charge in [-0.25, -0.2) is 4.79 Å². The minimum absolute atomic E-state index is 0.00334. The summed E-state index contributed by atoms with van der Waals surface area (Å²) in [6.07, 6.45) is 1.06. The Labute approximate surface area is 172 Å². The van der Waals surface area contributed by atoms with Crippen LogP contribution in [-0.2, 0) is 4.74 Å². The van der Waals surface area contributed by atoms with Gasteiger partial charge in [0.25, 0.3) is 0 Å². The summed E-state index contributed by atoms with van der Waals surface area (Å²) in [4.78, 5) is 40.6. The molecule has 0 atom stereocenters. The Balaban J connectivity index is 1.49. The van der Waals surface area contributed by atoms with Crippen molar-refractivity contribution in [3.63, 3.8) is 0 Å². The molecule has 1 saturated heterocycles. The molecule has 8 nitrogen and oxygen atoms in total. The molecule has 0 saturated carbocycles. The van der Waals surface area contributed by atoms with Crippen molar-refractivity contribution < 1.29 is 19.1 Å². The lowest BCUT2D eigenvalue weighted by atomic mass is 9.82. The normalized spacial score (nSPS) is 18.3. The second-order valence-electron chi connectivity index (χ2n) is 8.51. The molecule has 1 N–H and O–H groups in total. The fourth-order valence-corrected chi connectivity index (χ4v) is 4.17. The summed E-state index contributed by atoms with van der Waals surface area (Å²) in [5, 5.41) is 0. The first-order chi connectivity index (χ1) is 13.6. The van der Waals surface area contributed by atoms with E-state index in [2.05, 4.69) is 9.36 Å². The minimum Gasteiger partial charge on any atom is -0.486 e. The molecule has 29 heavy (non-hydrogen) atoms. The summed E-state index contributed by atoms with van der Waals surface area (Å²) in [6.45, 7) is 6.48. The average Bonchev–Trinajstić information content (AvgIpc) is 3.07. The second-order valence-corrected chi connectivity index (χ2v) is 9.24. The van der Waals surface area contributed by atoms with E-state index in [1.54, 1.807) is 23.1 Å². The van der Waals surface area contributed by atoms with Crippen LogP contribution in [0, 0.1) is 0 Å². The van der Waals surface area contributed by atoms with Gasteiger partial charge in [-0.15, -0.1) is 0 Å². The van der Waals surface area contributed by atoms with Crippen LogP contribution in [-0.4, -0.2) is 50.4 Å². The van der Waals surface area contributed by atoms with E-state index in [1.165, 1.54) is 0 Å². The lowest BCUT2D eigenvalue weighted by Gasteiger charge is -2.44. The van der Waals surface area contributed by atoms with Crippen molar-refractivity contribution in [3.05, 3.63) is 33.4 Å². The van der Waals surface area contributed by atoms with Crippen molar-refractivity contribution in [2.45, 2.75) is 51.2 Å². The minimum atomic E-state index is -0.598. The third-order valence-corrected chi connectivity index (χ3v) is 5.67. The van der Waals surface area contributed by atoms with E-state index in [4.69, 9.17) is 9.47 Å². The maximum absolute atomic E-state index is 12.9. The molecule has 0 radical (unpaired) electrons. The molecule has 1 spiro atoms. The first-order valence-corrected chi connectivity index (χ1v) is 10.3. The monoisotopic (exact) mass is 417 g/mol. The van der Waals surface area contributed by atoms with Crippen molar-refractivity contribution in [3.8, 4) is 17.1 Å². The third-order valence-electron chi connectivity index (χ3n) is 5.13. The van der Waals surface area contributed by atoms with Gasteiger partial charge in [-0.1, -0.05) is 0 Å². The highest BCUT2D eigenvalue weighted by atomic mass is 32.1. The SMILES string of the molecule is CC(C)(C)OC(=O)N1CCC2(CC1)CC(=O)c1cc(-c3nsc(=O)[nH]3)ccc1O2. The topological polar surface area (TPSA) is 102 Å². The number of likely N-dealkylation sites (tertiary alicyclic amines) is 1. The van der Waals surface area contributed by atoms with Gasteiger partial charge in [0.05, 0.1) is 12.0 Å². The summed E-state index contributed by atoms with van der Waals surface area (Å²) < 4.78 is 15.8. The highest BCUT2D eigenvalue weighted by Gasteiger charge is 2.44. The maximum Gasteiger partial charge on any atom is 0.410 e. The number of benzene rings is 1. The fourth-order valence-electron chi connectivity index (χ4n) is 3.70. The second kappa shape index (κ2) is 6.98. The molecule has 3 heterocycles. The van der Waals surface area contributed by atoms with E-state index in [0.29, 0.717) is 48.6 Å². The summed E-state index contributed by atoms with van der Waals surface area (Å²) in [5.74, 6) is 0.978. The zero-order valence-corrected chi connectivity index (χ0v) is 17.4. The van der Waals surface area contributed by atoms with Gasteiger partial charge >= 0.3 is 11.0 Å². The van der Waals surface area contributed by atoms with E-state index >= 15 is 0 Å². The Bertz CT molecular complexity index is 1010. The summed E-state index contributed by atoms with van der Waals surface area (Å²) in [6, 6.07) is 5.25. The Morgan fingerprint density at radius 3 is 2.62 bits per heavy atom. The Morgan fingerprint density at radius 2 is 2.00 bits per heavy atom. The number of piperidine rings is 1. The lowest BCUT2D eigenvalue weighted by molar-refractivity contribution is -0.0226. The van der Waals surface area contributed by atoms with Crippen molar-refractivity contribution in [2.24, 2.45) is 0 Å². The van der Waals surface area contributed by atoms with Crippen LogP contribution in [0.25, 0.3) is 11.4 Å². The van der Waals surface area contributed by atoms with Gasteiger partial charge in [-0.3, -0.25) is 14.6 Å². The van der Waals surface area contributed by atoms with Crippen LogP contribution in [0.2, 0.25) is 0 Å². The number of carbonyl (C=O) groups excluding carboxylic acids is 2. The molecule has 154 valence electrons. The molecular weight excluding hydrogens is 394 g/mol. The van der Waals surface area contributed by atoms with Crippen LogP contribution < -0.4 is 9.61 Å². The molecule has 0 aliphatic carbocycles. The Hall–Kier alpha value is -2.68. The van der Waals surface area contributed by atoms with Gasteiger partial charge in [0.2, 0.25) is 0 Å². The number of ether oxygens (including phenoxy) is 2. The van der Waals surface area contributed by atoms with Crippen LogP contribution in [0.3, 0.4) is 0 Å². The van der Waals surface area contributed by atoms with Gasteiger partial charge in [-0.2, -0.15) is 4.37 Å². The molecule has 1 aromatic carbocycles. The number of aromatic nitrogens is 2. The standard InChI is InChI=1S/C20H23N3O5S/c1-19(2,3)28-18(26)23-8-6-20(7-9-23)11-14(24)13-10-12(4-5-15(13)27-20)16-21-17(25)29-22-16/h4-5,10H,6-9,11H2,1-3H3,(H,21,22,25). The highest BCUT2D eigenvalue weighted by molar-refractivity contribution is 7.03. The number of Topliss-reactive ketones (excluding diaryl/α,β-unsaturated/α-hetero) is 1. The summed E-state index contributed by atoms with van der Waals surface area (Å²) in [5.41, 5.74) is 0.0344. The smallest absolute Gasteiger partial charge is 0.410 e. The number of nitrogens with zero attached hydrogens (tertiary/aromatic N) is 2. The summed E-state index contributed by atoms with van der Waals surface area (Å²) >= 11 is 0.841. The van der Waals surface area contributed by atoms with Gasteiger partial charge in [0, 0.05) is 43.0 Å². The van der Waals surface area contributed by atoms with Crippen molar-refractivity contribution in [1.82, 2.24) is 14.3 Å². The number of hydrogen-bond donors (Lipinski definition) is 1. The Kier molecular flexibility index (Phi) is 4.72. The van der Waals surface area contributed by atoms with Gasteiger partial charge < -0.3 is 14.4 Å². The van der Waals surface area contributed by atoms with Crippen molar-refractivity contribution >= 4 is 23.4 Å². The van der Waals surface area contributed by atoms with E-state index in [9.17, 15) is 14.4 Å². The van der Waals surface area contributed by atoms with Crippen LogP contribution in [0.4, 0.5) is 4.79 Å². The average molecular weight is 417 g/mol. The molecule has 2 aromatic rings. The fraction of sp³-hybridized carbons (Fsp3) is 0.500. The van der Waals surface area contributed by atoms with Gasteiger partial charge in [0.1, 0.15) is 17.0 Å². The van der Waals surface area contributed by atoms with Crippen LogP contribution >= 0.6 is 11.5 Å². The molecule has 1 amide bonds. The van der Waals surface area contributed by atoms with E-state index in [-0.39, 0.29) is 23.2 Å². The molecule has 2 aliphatic heterocycles. The first kappa shape index (κ1) is 19.6. The zero-order chi connectivity index (χ0) is 20.8. The molecule has 0 unspecified atom stereocenters. The number of carbonyl (C=O) groups is 2. The molecule has 4 rings (SSSR count). The molecule has 9 heteroatoms. The number of amides is 1. The van der Waals surface area contributed by atoms with Crippen LogP contribution in [0.5, 0.6) is 5.75 Å². The quantitative estimate of drug-likeness (QED) is 0.764. The predicted octanol–water partition coefficient (Wildman–Crippen LogP) is 3.23. The number of ketones is 1. The molecule has 1 fully saturated rings. The van der Waals surface area contributed by atoms with Crippen LogP contribution in [0.15, 0.2) is 23.0 Å². The number of hydrogen-bond acceptors (Lipinski definition) is 7. The third kappa shape index (κ3) is 4.05. The number of aromatic amines is 1. The van der Waals surface area contributed by atoms with Gasteiger partial charge in [0.15, 0.2) is 11.6 Å². The number of H-pyrrole nitrogens is 1. The first-order valence-electron chi connectivity index (χ1n) is 9.55. The maximum atomic E-state index is 12.9. The lowest BCUT2D eigenvalue weighted by Crippen LogP contribution is -2.52. The largest absolute Gasteiger partial charge is 0.486 e.